The van der Waals surface area contributed by atoms with E-state index < -0.39 is 0 Å². The molecule has 19 heavy (non-hydrogen) atoms. The lowest BCUT2D eigenvalue weighted by atomic mass is 10.0. The first-order chi connectivity index (χ1) is 9.15. The Morgan fingerprint density at radius 3 is 2.68 bits per heavy atom. The summed E-state index contributed by atoms with van der Waals surface area (Å²) in [5.41, 5.74) is 7.05. The van der Waals surface area contributed by atoms with E-state index in [4.69, 9.17) is 22.3 Å². The smallest absolute Gasteiger partial charge is 0.171 e. The minimum absolute atomic E-state index is 0.494. The van der Waals surface area contributed by atoms with Crippen molar-refractivity contribution in [1.29, 1.82) is 0 Å². The van der Waals surface area contributed by atoms with Gasteiger partial charge in [-0.3, -0.25) is 0 Å². The zero-order valence-electron chi connectivity index (χ0n) is 10.2. The van der Waals surface area contributed by atoms with Gasteiger partial charge in [0.25, 0.3) is 0 Å². The maximum Gasteiger partial charge on any atom is 0.171 e. The number of halogens is 2. The minimum Gasteiger partial charge on any atom is -0.383 e. The Kier molecular flexibility index (Phi) is 3.78. The molecule has 1 fully saturated rings. The lowest BCUT2D eigenvalue weighted by Crippen LogP contribution is -2.05. The van der Waals surface area contributed by atoms with Crippen LogP contribution in [0.4, 0.5) is 5.82 Å². The van der Waals surface area contributed by atoms with Crippen LogP contribution in [0, 0.1) is 0 Å². The van der Waals surface area contributed by atoms with Gasteiger partial charge in [-0.05, 0) is 34.8 Å². The fourth-order valence-corrected chi connectivity index (χ4v) is 4.00. The molecule has 1 saturated carbocycles. The van der Waals surface area contributed by atoms with Crippen LogP contribution in [-0.2, 0) is 0 Å². The van der Waals surface area contributed by atoms with Gasteiger partial charge in [-0.25, -0.2) is 9.97 Å². The van der Waals surface area contributed by atoms with E-state index >= 15 is 0 Å². The Labute approximate surface area is 129 Å². The van der Waals surface area contributed by atoms with E-state index in [1.807, 2.05) is 11.4 Å². The molecule has 2 aromatic heterocycles. The Morgan fingerprint density at radius 2 is 2.05 bits per heavy atom. The van der Waals surface area contributed by atoms with Crippen molar-refractivity contribution < 1.29 is 0 Å². The summed E-state index contributed by atoms with van der Waals surface area (Å²) < 4.78 is 0.853. The Bertz CT molecular complexity index is 608. The highest BCUT2D eigenvalue weighted by atomic mass is 79.9. The van der Waals surface area contributed by atoms with Gasteiger partial charge in [0, 0.05) is 11.3 Å². The summed E-state index contributed by atoms with van der Waals surface area (Å²) >= 11 is 11.0. The van der Waals surface area contributed by atoms with Crippen LogP contribution in [0.3, 0.4) is 0 Å². The lowest BCUT2D eigenvalue weighted by Gasteiger charge is -2.13. The molecule has 0 atom stereocenters. The van der Waals surface area contributed by atoms with Crippen LogP contribution in [0.5, 0.6) is 0 Å². The summed E-state index contributed by atoms with van der Waals surface area (Å²) in [7, 11) is 0. The van der Waals surface area contributed by atoms with Crippen molar-refractivity contribution in [2.75, 3.05) is 5.73 Å². The van der Waals surface area contributed by atoms with E-state index in [-0.39, 0.29) is 0 Å². The molecular weight excluding hydrogens is 346 g/mol. The van der Waals surface area contributed by atoms with E-state index in [0.29, 0.717) is 22.6 Å². The third-order valence-electron chi connectivity index (χ3n) is 3.43. The quantitative estimate of drug-likeness (QED) is 0.834. The predicted octanol–water partition coefficient (Wildman–Crippen LogP) is 4.86. The summed E-state index contributed by atoms with van der Waals surface area (Å²) in [5.74, 6) is 1.68. The summed E-state index contributed by atoms with van der Waals surface area (Å²) in [6, 6.07) is 1.88. The SMILES string of the molecule is Nc1nc(-c2cc(Cl)cs2)nc(C2CCCC2)c1Br. The molecule has 0 aromatic carbocycles. The second kappa shape index (κ2) is 5.38. The molecule has 0 saturated heterocycles. The van der Waals surface area contributed by atoms with Crippen molar-refractivity contribution in [2.24, 2.45) is 0 Å². The van der Waals surface area contributed by atoms with Crippen LogP contribution in [0.2, 0.25) is 5.02 Å². The van der Waals surface area contributed by atoms with Crippen LogP contribution in [0.1, 0.15) is 37.3 Å². The van der Waals surface area contributed by atoms with Crippen molar-refractivity contribution >= 4 is 44.7 Å². The molecule has 3 rings (SSSR count). The first kappa shape index (κ1) is 13.3. The standard InChI is InChI=1S/C13H13BrClN3S/c14-10-11(7-3-1-2-4-7)17-13(18-12(10)16)9-5-8(15)6-19-9/h5-7H,1-4H2,(H2,16,17,18). The molecule has 0 spiro atoms. The largest absolute Gasteiger partial charge is 0.383 e. The molecule has 6 heteroatoms. The van der Waals surface area contributed by atoms with Crippen molar-refractivity contribution in [1.82, 2.24) is 9.97 Å². The summed E-state index contributed by atoms with van der Waals surface area (Å²) in [6.45, 7) is 0. The fourth-order valence-electron chi connectivity index (χ4n) is 2.49. The molecule has 2 heterocycles. The average molecular weight is 359 g/mol. The van der Waals surface area contributed by atoms with Crippen molar-refractivity contribution in [2.45, 2.75) is 31.6 Å². The molecule has 3 nitrogen and oxygen atoms in total. The number of hydrogen-bond donors (Lipinski definition) is 1. The van der Waals surface area contributed by atoms with Gasteiger partial charge in [-0.1, -0.05) is 24.4 Å². The molecule has 0 bridgehead atoms. The third-order valence-corrected chi connectivity index (χ3v) is 5.52. The predicted molar refractivity (Wildman–Crippen MR) is 83.7 cm³/mol. The highest BCUT2D eigenvalue weighted by molar-refractivity contribution is 9.10. The third kappa shape index (κ3) is 2.64. The molecule has 1 aliphatic rings. The van der Waals surface area contributed by atoms with Gasteiger partial charge >= 0.3 is 0 Å². The summed E-state index contributed by atoms with van der Waals surface area (Å²) in [4.78, 5) is 10.0. The van der Waals surface area contributed by atoms with Crippen LogP contribution < -0.4 is 5.73 Å². The molecule has 2 aromatic rings. The number of rotatable bonds is 2. The highest BCUT2D eigenvalue weighted by Crippen LogP contribution is 2.39. The minimum atomic E-state index is 0.494. The molecule has 0 radical (unpaired) electrons. The van der Waals surface area contributed by atoms with Gasteiger partial charge < -0.3 is 5.73 Å². The zero-order valence-corrected chi connectivity index (χ0v) is 13.4. The Morgan fingerprint density at radius 1 is 1.32 bits per heavy atom. The van der Waals surface area contributed by atoms with E-state index in [2.05, 4.69) is 20.9 Å². The number of thiophene rings is 1. The van der Waals surface area contributed by atoms with Gasteiger partial charge in [0.1, 0.15) is 5.82 Å². The maximum absolute atomic E-state index is 6.01. The second-order valence-electron chi connectivity index (χ2n) is 4.74. The molecule has 0 aliphatic heterocycles. The van der Waals surface area contributed by atoms with Gasteiger partial charge in [0.2, 0.25) is 0 Å². The monoisotopic (exact) mass is 357 g/mol. The van der Waals surface area contributed by atoms with Crippen LogP contribution in [0.25, 0.3) is 10.7 Å². The van der Waals surface area contributed by atoms with Gasteiger partial charge in [-0.15, -0.1) is 11.3 Å². The fraction of sp³-hybridized carbons (Fsp3) is 0.385. The van der Waals surface area contributed by atoms with Crippen molar-refractivity contribution in [3.8, 4) is 10.7 Å². The van der Waals surface area contributed by atoms with E-state index in [0.717, 1.165) is 15.0 Å². The summed E-state index contributed by atoms with van der Waals surface area (Å²) in [5, 5.41) is 2.60. The lowest BCUT2D eigenvalue weighted by molar-refractivity contribution is 0.692. The first-order valence-electron chi connectivity index (χ1n) is 6.22. The normalized spacial score (nSPS) is 16.1. The number of nitrogen functional groups attached to an aromatic ring is 1. The number of aromatic nitrogens is 2. The molecule has 1 aliphatic carbocycles. The Balaban J connectivity index is 2.06. The highest BCUT2D eigenvalue weighted by Gasteiger charge is 2.23. The van der Waals surface area contributed by atoms with Crippen LogP contribution >= 0.6 is 38.9 Å². The van der Waals surface area contributed by atoms with Gasteiger partial charge in [0.15, 0.2) is 5.82 Å². The van der Waals surface area contributed by atoms with Gasteiger partial charge in [-0.2, -0.15) is 0 Å². The Hall–Kier alpha value is -0.650. The molecule has 0 unspecified atom stereocenters. The topological polar surface area (TPSA) is 51.8 Å². The molecule has 100 valence electrons. The van der Waals surface area contributed by atoms with Crippen molar-refractivity contribution in [3.63, 3.8) is 0 Å². The van der Waals surface area contributed by atoms with E-state index in [1.54, 1.807) is 11.3 Å². The van der Waals surface area contributed by atoms with Crippen LogP contribution in [-0.4, -0.2) is 9.97 Å². The maximum atomic E-state index is 6.01. The molecule has 2 N–H and O–H groups in total. The van der Waals surface area contributed by atoms with Crippen molar-refractivity contribution in [3.05, 3.63) is 26.6 Å². The number of hydrogen-bond acceptors (Lipinski definition) is 4. The van der Waals surface area contributed by atoms with Gasteiger partial charge in [0.05, 0.1) is 20.1 Å². The second-order valence-corrected chi connectivity index (χ2v) is 6.88. The first-order valence-corrected chi connectivity index (χ1v) is 8.27. The number of anilines is 1. The van der Waals surface area contributed by atoms with E-state index in [9.17, 15) is 0 Å². The van der Waals surface area contributed by atoms with Crippen LogP contribution in [0.15, 0.2) is 15.9 Å². The molecule has 0 amide bonds. The number of nitrogens with two attached hydrogens (primary N) is 1. The van der Waals surface area contributed by atoms with E-state index in [1.165, 1.54) is 25.7 Å². The summed E-state index contributed by atoms with van der Waals surface area (Å²) in [6.07, 6.45) is 4.89. The average Bonchev–Trinajstić information content (AvgIpc) is 3.03. The molecular formula is C13H13BrClN3S. The zero-order chi connectivity index (χ0) is 13.4. The number of nitrogens with zero attached hydrogens (tertiary/aromatic N) is 2.